The minimum Gasteiger partial charge on any atom is -0.385 e. The minimum absolute atomic E-state index is 0.451. The average molecular weight is 474 g/mol. The number of carbonyl (C=O) groups excluding carboxylic acids is 1. The van der Waals surface area contributed by atoms with Gasteiger partial charge in [0, 0.05) is 62.3 Å². The summed E-state index contributed by atoms with van der Waals surface area (Å²) in [6.07, 6.45) is 4.89. The summed E-state index contributed by atoms with van der Waals surface area (Å²) in [5.74, 6) is 1.73. The molecule has 0 saturated heterocycles. The van der Waals surface area contributed by atoms with Crippen molar-refractivity contribution in [3.63, 3.8) is 0 Å². The maximum absolute atomic E-state index is 10.8. The first-order valence-electron chi connectivity index (χ1n) is 10.7. The van der Waals surface area contributed by atoms with Gasteiger partial charge < -0.3 is 20.5 Å². The van der Waals surface area contributed by atoms with E-state index in [0.717, 1.165) is 66.3 Å². The molecular formula is C24H29Cl2N5O. The number of amides is 1. The summed E-state index contributed by atoms with van der Waals surface area (Å²) < 4.78 is 2.16. The van der Waals surface area contributed by atoms with E-state index in [1.165, 1.54) is 6.08 Å². The topological polar surface area (TPSA) is 76.2 Å². The highest BCUT2D eigenvalue weighted by molar-refractivity contribution is 6.18. The van der Waals surface area contributed by atoms with Gasteiger partial charge in [0.05, 0.1) is 11.0 Å². The Hall–Kier alpha value is -2.70. The zero-order valence-electron chi connectivity index (χ0n) is 18.2. The van der Waals surface area contributed by atoms with Crippen molar-refractivity contribution in [2.75, 3.05) is 41.6 Å². The van der Waals surface area contributed by atoms with E-state index in [2.05, 4.69) is 40.0 Å². The lowest BCUT2D eigenvalue weighted by Crippen LogP contribution is -2.27. The molecule has 0 atom stereocenters. The first-order valence-corrected chi connectivity index (χ1v) is 11.7. The van der Waals surface area contributed by atoms with E-state index in [9.17, 15) is 4.79 Å². The van der Waals surface area contributed by atoms with Crippen molar-refractivity contribution in [1.29, 1.82) is 0 Å². The maximum Gasteiger partial charge on any atom is 0.241 e. The van der Waals surface area contributed by atoms with Crippen LogP contribution < -0.4 is 16.0 Å². The van der Waals surface area contributed by atoms with Gasteiger partial charge in [-0.3, -0.25) is 4.79 Å². The quantitative estimate of drug-likeness (QED) is 0.232. The summed E-state index contributed by atoms with van der Waals surface area (Å²) in [6.45, 7) is 2.35. The number of anilines is 2. The van der Waals surface area contributed by atoms with Crippen molar-refractivity contribution < 1.29 is 4.79 Å². The number of nitrogens with zero attached hydrogens (tertiary/aromatic N) is 3. The molecule has 0 fully saturated rings. The van der Waals surface area contributed by atoms with Crippen molar-refractivity contribution in [3.8, 4) is 0 Å². The van der Waals surface area contributed by atoms with Gasteiger partial charge in [-0.25, -0.2) is 4.98 Å². The van der Waals surface area contributed by atoms with Gasteiger partial charge in [0.1, 0.15) is 5.82 Å². The lowest BCUT2D eigenvalue weighted by molar-refractivity contribution is -0.113. The highest BCUT2D eigenvalue weighted by Gasteiger charge is 2.11. The van der Waals surface area contributed by atoms with Gasteiger partial charge in [-0.15, -0.1) is 23.2 Å². The second kappa shape index (κ2) is 11.8. The van der Waals surface area contributed by atoms with Crippen LogP contribution in [-0.4, -0.2) is 46.9 Å². The van der Waals surface area contributed by atoms with Crippen LogP contribution in [0, 0.1) is 0 Å². The Labute approximate surface area is 199 Å². The first kappa shape index (κ1) is 24.0. The number of halogens is 2. The SMILES string of the molecule is Cn1c(CCCNc2ccc(/C=C/C(N)=O)cc2)nc2cc(N(CCCl)CCCl)ccc21. The molecular weight excluding hydrogens is 445 g/mol. The zero-order valence-corrected chi connectivity index (χ0v) is 19.7. The third-order valence-corrected chi connectivity index (χ3v) is 5.63. The second-order valence-corrected chi connectivity index (χ2v) is 8.27. The molecule has 8 heteroatoms. The smallest absolute Gasteiger partial charge is 0.241 e. The lowest BCUT2D eigenvalue weighted by Gasteiger charge is -2.22. The lowest BCUT2D eigenvalue weighted by atomic mass is 10.2. The first-order chi connectivity index (χ1) is 15.5. The van der Waals surface area contributed by atoms with Gasteiger partial charge in [0.15, 0.2) is 0 Å². The molecule has 3 aromatic rings. The number of hydrogen-bond donors (Lipinski definition) is 2. The molecule has 3 N–H and O–H groups in total. The number of imidazole rings is 1. The van der Waals surface area contributed by atoms with E-state index < -0.39 is 5.91 Å². The summed E-state index contributed by atoms with van der Waals surface area (Å²) in [5, 5.41) is 3.43. The van der Waals surface area contributed by atoms with Crippen LogP contribution in [0.2, 0.25) is 0 Å². The highest BCUT2D eigenvalue weighted by atomic mass is 35.5. The summed E-state index contributed by atoms with van der Waals surface area (Å²) in [4.78, 5) is 17.9. The second-order valence-electron chi connectivity index (χ2n) is 7.51. The van der Waals surface area contributed by atoms with Crippen LogP contribution in [0.5, 0.6) is 0 Å². The molecule has 2 aromatic carbocycles. The fraction of sp³-hybridized carbons (Fsp3) is 0.333. The number of nitrogens with two attached hydrogens (primary N) is 1. The molecule has 0 aliphatic carbocycles. The van der Waals surface area contributed by atoms with Gasteiger partial charge in [0.25, 0.3) is 0 Å². The van der Waals surface area contributed by atoms with Gasteiger partial charge in [-0.05, 0) is 48.4 Å². The van der Waals surface area contributed by atoms with Crippen LogP contribution in [0.15, 0.2) is 48.5 Å². The fourth-order valence-electron chi connectivity index (χ4n) is 3.60. The molecule has 0 unspecified atom stereocenters. The van der Waals surface area contributed by atoms with E-state index in [-0.39, 0.29) is 0 Å². The van der Waals surface area contributed by atoms with Crippen LogP contribution in [0.4, 0.5) is 11.4 Å². The summed E-state index contributed by atoms with van der Waals surface area (Å²) in [5.41, 5.74) is 10.3. The molecule has 0 aliphatic heterocycles. The maximum atomic E-state index is 10.8. The minimum atomic E-state index is -0.451. The number of aryl methyl sites for hydroxylation is 2. The van der Waals surface area contributed by atoms with Crippen molar-refractivity contribution in [2.45, 2.75) is 12.8 Å². The number of carbonyl (C=O) groups is 1. The van der Waals surface area contributed by atoms with Crippen molar-refractivity contribution in [1.82, 2.24) is 9.55 Å². The Balaban J connectivity index is 1.58. The number of rotatable bonds is 12. The molecule has 0 bridgehead atoms. The van der Waals surface area contributed by atoms with Crippen molar-refractivity contribution in [2.24, 2.45) is 12.8 Å². The fourth-order valence-corrected chi connectivity index (χ4v) is 4.01. The standard InChI is InChI=1S/C24H29Cl2N5O/c1-30-22-10-9-20(31(15-12-25)16-13-26)17-21(22)29-24(30)3-2-14-28-19-7-4-18(5-8-19)6-11-23(27)32/h4-11,17,28H,2-3,12-16H2,1H3,(H2,27,32)/b11-6+. The van der Waals surface area contributed by atoms with E-state index in [0.29, 0.717) is 11.8 Å². The molecule has 1 aromatic heterocycles. The molecule has 0 aliphatic rings. The van der Waals surface area contributed by atoms with Crippen molar-refractivity contribution >= 4 is 57.6 Å². The van der Waals surface area contributed by atoms with Gasteiger partial charge in [-0.1, -0.05) is 12.1 Å². The number of aromatic nitrogens is 2. The predicted molar refractivity (Wildman–Crippen MR) is 136 cm³/mol. The number of fused-ring (bicyclic) bond motifs is 1. The van der Waals surface area contributed by atoms with Crippen LogP contribution in [0.3, 0.4) is 0 Å². The molecule has 3 rings (SSSR count). The summed E-state index contributed by atoms with van der Waals surface area (Å²) in [6, 6.07) is 14.2. The molecule has 170 valence electrons. The predicted octanol–water partition coefficient (Wildman–Crippen LogP) is 4.40. The van der Waals surface area contributed by atoms with Gasteiger partial charge in [-0.2, -0.15) is 0 Å². The Morgan fingerprint density at radius 3 is 2.53 bits per heavy atom. The van der Waals surface area contributed by atoms with Crippen molar-refractivity contribution in [3.05, 3.63) is 59.9 Å². The van der Waals surface area contributed by atoms with Gasteiger partial charge in [0.2, 0.25) is 5.91 Å². The average Bonchev–Trinajstić information content (AvgIpc) is 3.10. The Morgan fingerprint density at radius 1 is 1.16 bits per heavy atom. The number of hydrogen-bond acceptors (Lipinski definition) is 4. The molecule has 1 amide bonds. The number of primary amides is 1. The van der Waals surface area contributed by atoms with Crippen LogP contribution >= 0.6 is 23.2 Å². The molecule has 32 heavy (non-hydrogen) atoms. The largest absolute Gasteiger partial charge is 0.385 e. The van der Waals surface area contributed by atoms with Crippen LogP contribution in [0.25, 0.3) is 17.1 Å². The number of benzene rings is 2. The molecule has 0 saturated carbocycles. The van der Waals surface area contributed by atoms with E-state index in [1.54, 1.807) is 6.08 Å². The van der Waals surface area contributed by atoms with Gasteiger partial charge >= 0.3 is 0 Å². The zero-order chi connectivity index (χ0) is 22.9. The Bertz CT molecular complexity index is 1060. The normalized spacial score (nSPS) is 11.3. The van der Waals surface area contributed by atoms with E-state index >= 15 is 0 Å². The monoisotopic (exact) mass is 473 g/mol. The van der Waals surface area contributed by atoms with E-state index in [4.69, 9.17) is 33.9 Å². The molecule has 6 nitrogen and oxygen atoms in total. The molecule has 1 heterocycles. The van der Waals surface area contributed by atoms with Crippen LogP contribution in [-0.2, 0) is 18.3 Å². The summed E-state index contributed by atoms with van der Waals surface area (Å²) in [7, 11) is 2.06. The molecule has 0 radical (unpaired) electrons. The third kappa shape index (κ3) is 6.40. The summed E-state index contributed by atoms with van der Waals surface area (Å²) >= 11 is 11.9. The Morgan fingerprint density at radius 2 is 1.88 bits per heavy atom. The Kier molecular flexibility index (Phi) is 8.82. The van der Waals surface area contributed by atoms with Crippen LogP contribution in [0.1, 0.15) is 17.8 Å². The molecule has 0 spiro atoms. The number of nitrogens with one attached hydrogen (secondary N) is 1. The van der Waals surface area contributed by atoms with E-state index in [1.807, 2.05) is 24.3 Å². The highest BCUT2D eigenvalue weighted by Crippen LogP contribution is 2.23. The third-order valence-electron chi connectivity index (χ3n) is 5.29. The number of alkyl halides is 2.